The van der Waals surface area contributed by atoms with E-state index in [4.69, 9.17) is 19.4 Å². The molecule has 0 saturated heterocycles. The summed E-state index contributed by atoms with van der Waals surface area (Å²) in [6.07, 6.45) is 0. The zero-order valence-electron chi connectivity index (χ0n) is 29.6. The molecule has 0 saturated carbocycles. The molecule has 11 rings (SSSR count). The molecule has 9 aromatic carbocycles. The van der Waals surface area contributed by atoms with Crippen LogP contribution < -0.4 is 0 Å². The topological polar surface area (TPSA) is 51.8 Å². The molecule has 2 aromatic heterocycles. The van der Waals surface area contributed by atoms with E-state index in [2.05, 4.69) is 152 Å². The van der Waals surface area contributed by atoms with Crippen molar-refractivity contribution in [3.05, 3.63) is 188 Å². The second kappa shape index (κ2) is 12.6. The minimum Gasteiger partial charge on any atom is -0.456 e. The highest BCUT2D eigenvalue weighted by atomic mass is 16.3. The highest BCUT2D eigenvalue weighted by molar-refractivity contribution is 6.23. The molecule has 0 aliphatic heterocycles. The number of hydrogen-bond acceptors (Lipinski definition) is 4. The highest BCUT2D eigenvalue weighted by Gasteiger charge is 2.19. The van der Waals surface area contributed by atoms with Crippen molar-refractivity contribution in [1.29, 1.82) is 0 Å². The molecule has 11 aromatic rings. The maximum absolute atomic E-state index is 6.63. The van der Waals surface area contributed by atoms with E-state index in [1.165, 1.54) is 38.1 Å². The lowest BCUT2D eigenvalue weighted by Gasteiger charge is -2.11. The quantitative estimate of drug-likeness (QED) is 0.179. The second-order valence-electron chi connectivity index (χ2n) is 14.0. The minimum absolute atomic E-state index is 0.607. The summed E-state index contributed by atoms with van der Waals surface area (Å²) in [5.74, 6) is 1.85. The zero-order valence-corrected chi connectivity index (χ0v) is 29.6. The first-order valence-electron chi connectivity index (χ1n) is 18.5. The summed E-state index contributed by atoms with van der Waals surface area (Å²) in [4.78, 5) is 15.2. The van der Waals surface area contributed by atoms with Gasteiger partial charge >= 0.3 is 0 Å². The Labute approximate surface area is 317 Å². The summed E-state index contributed by atoms with van der Waals surface area (Å²) < 4.78 is 6.63. The Morgan fingerprint density at radius 1 is 0.291 bits per heavy atom. The van der Waals surface area contributed by atoms with Gasteiger partial charge in [-0.2, -0.15) is 0 Å². The van der Waals surface area contributed by atoms with Gasteiger partial charge in [0.1, 0.15) is 11.2 Å². The number of benzene rings is 9. The average Bonchev–Trinajstić information content (AvgIpc) is 3.64. The third-order valence-corrected chi connectivity index (χ3v) is 10.7. The smallest absolute Gasteiger partial charge is 0.164 e. The van der Waals surface area contributed by atoms with Gasteiger partial charge in [0.15, 0.2) is 17.5 Å². The van der Waals surface area contributed by atoms with Crippen LogP contribution in [0.25, 0.3) is 111 Å². The van der Waals surface area contributed by atoms with Gasteiger partial charge < -0.3 is 4.42 Å². The highest BCUT2D eigenvalue weighted by Crippen LogP contribution is 2.42. The molecule has 0 amide bonds. The Bertz CT molecular complexity index is 3250. The van der Waals surface area contributed by atoms with Gasteiger partial charge in [-0.25, -0.2) is 15.0 Å². The van der Waals surface area contributed by atoms with Crippen LogP contribution in [0, 0.1) is 0 Å². The van der Waals surface area contributed by atoms with E-state index in [0.717, 1.165) is 55.1 Å². The van der Waals surface area contributed by atoms with Crippen LogP contribution in [0.4, 0.5) is 0 Å². The summed E-state index contributed by atoms with van der Waals surface area (Å²) in [5, 5.41) is 9.32. The molecule has 4 heteroatoms. The SMILES string of the molecule is c1ccc(-c2nc(-c3ccc(-c4ccc5ccccc5c4)cc3)nc(-c3ccc4oc5cc(-c6cccc7ccccc67)c6ccccc6c5c4c3)n2)cc1. The molecule has 2 heterocycles. The molecule has 0 unspecified atom stereocenters. The Morgan fingerprint density at radius 2 is 0.873 bits per heavy atom. The third-order valence-electron chi connectivity index (χ3n) is 10.7. The van der Waals surface area contributed by atoms with E-state index in [1.807, 2.05) is 36.4 Å². The predicted molar refractivity (Wildman–Crippen MR) is 227 cm³/mol. The Morgan fingerprint density at radius 3 is 1.67 bits per heavy atom. The largest absolute Gasteiger partial charge is 0.456 e. The number of fused-ring (bicyclic) bond motifs is 7. The Kier molecular flexibility index (Phi) is 7.14. The summed E-state index contributed by atoms with van der Waals surface area (Å²) in [6, 6.07) is 65.8. The molecular formula is C51H31N3O. The molecule has 4 nitrogen and oxygen atoms in total. The van der Waals surface area contributed by atoms with Crippen LogP contribution in [0.5, 0.6) is 0 Å². The molecule has 0 atom stereocenters. The van der Waals surface area contributed by atoms with Crippen LogP contribution >= 0.6 is 0 Å². The second-order valence-corrected chi connectivity index (χ2v) is 14.0. The third kappa shape index (κ3) is 5.34. The molecule has 0 aliphatic rings. The van der Waals surface area contributed by atoms with E-state index in [9.17, 15) is 0 Å². The van der Waals surface area contributed by atoms with Gasteiger partial charge in [-0.3, -0.25) is 0 Å². The summed E-state index contributed by atoms with van der Waals surface area (Å²) in [5.41, 5.74) is 9.07. The van der Waals surface area contributed by atoms with Crippen molar-refractivity contribution in [2.75, 3.05) is 0 Å². The van der Waals surface area contributed by atoms with Crippen LogP contribution in [0.1, 0.15) is 0 Å². The lowest BCUT2D eigenvalue weighted by atomic mass is 9.92. The van der Waals surface area contributed by atoms with Crippen molar-refractivity contribution in [3.63, 3.8) is 0 Å². The van der Waals surface area contributed by atoms with Gasteiger partial charge in [-0.15, -0.1) is 0 Å². The Balaban J connectivity index is 1.05. The van der Waals surface area contributed by atoms with Crippen molar-refractivity contribution in [2.24, 2.45) is 0 Å². The standard InChI is InChI=1S/C51H31N3O/c1-2-13-35(14-3-1)49-52-50(36-24-21-33(22-25-36)38-26-23-32-11-4-5-15-37(32)29-38)54-51(53-49)39-27-28-46-45(30-39)48-43-19-9-8-18-42(43)44(31-47(48)55-46)41-20-10-16-34-12-6-7-17-40(34)41/h1-31H. The van der Waals surface area contributed by atoms with Crippen molar-refractivity contribution in [2.45, 2.75) is 0 Å². The van der Waals surface area contributed by atoms with Crippen molar-refractivity contribution in [1.82, 2.24) is 15.0 Å². The van der Waals surface area contributed by atoms with Crippen molar-refractivity contribution in [3.8, 4) is 56.4 Å². The zero-order chi connectivity index (χ0) is 36.3. The summed E-state index contributed by atoms with van der Waals surface area (Å²) >= 11 is 0. The normalized spacial score (nSPS) is 11.6. The number of nitrogens with zero attached hydrogens (tertiary/aromatic N) is 3. The van der Waals surface area contributed by atoms with E-state index in [1.54, 1.807) is 0 Å². The molecule has 0 bridgehead atoms. The molecule has 256 valence electrons. The van der Waals surface area contributed by atoms with E-state index in [0.29, 0.717) is 17.5 Å². The van der Waals surface area contributed by atoms with E-state index >= 15 is 0 Å². The molecule has 0 spiro atoms. The molecule has 0 N–H and O–H groups in total. The predicted octanol–water partition coefficient (Wildman–Crippen LogP) is 13.6. The van der Waals surface area contributed by atoms with Crippen LogP contribution in [0.2, 0.25) is 0 Å². The lowest BCUT2D eigenvalue weighted by molar-refractivity contribution is 0.669. The van der Waals surface area contributed by atoms with Crippen molar-refractivity contribution >= 4 is 54.3 Å². The van der Waals surface area contributed by atoms with Gasteiger partial charge in [-0.05, 0) is 84.9 Å². The molecule has 55 heavy (non-hydrogen) atoms. The summed E-state index contributed by atoms with van der Waals surface area (Å²) in [7, 11) is 0. The number of hydrogen-bond donors (Lipinski definition) is 0. The fourth-order valence-electron chi connectivity index (χ4n) is 7.99. The Hall–Kier alpha value is -7.43. The molecule has 0 radical (unpaired) electrons. The van der Waals surface area contributed by atoms with Crippen LogP contribution in [-0.2, 0) is 0 Å². The van der Waals surface area contributed by atoms with Gasteiger partial charge in [0.25, 0.3) is 0 Å². The minimum atomic E-state index is 0.607. The first kappa shape index (κ1) is 31.1. The van der Waals surface area contributed by atoms with Crippen LogP contribution in [0.3, 0.4) is 0 Å². The molecule has 0 fully saturated rings. The van der Waals surface area contributed by atoms with Gasteiger partial charge in [-0.1, -0.05) is 158 Å². The van der Waals surface area contributed by atoms with Gasteiger partial charge in [0.2, 0.25) is 0 Å². The van der Waals surface area contributed by atoms with E-state index in [-0.39, 0.29) is 0 Å². The fraction of sp³-hybridized carbons (Fsp3) is 0. The lowest BCUT2D eigenvalue weighted by Crippen LogP contribution is -2.00. The number of furan rings is 1. The summed E-state index contributed by atoms with van der Waals surface area (Å²) in [6.45, 7) is 0. The van der Waals surface area contributed by atoms with E-state index < -0.39 is 0 Å². The monoisotopic (exact) mass is 701 g/mol. The van der Waals surface area contributed by atoms with Crippen molar-refractivity contribution < 1.29 is 4.42 Å². The molecule has 0 aliphatic carbocycles. The number of rotatable bonds is 5. The maximum atomic E-state index is 6.63. The fourth-order valence-corrected chi connectivity index (χ4v) is 7.99. The first-order chi connectivity index (χ1) is 27.2. The van der Waals surface area contributed by atoms with Crippen LogP contribution in [0.15, 0.2) is 192 Å². The molecular weight excluding hydrogens is 671 g/mol. The van der Waals surface area contributed by atoms with Gasteiger partial charge in [0, 0.05) is 27.5 Å². The number of aromatic nitrogens is 3. The van der Waals surface area contributed by atoms with Crippen LogP contribution in [-0.4, -0.2) is 15.0 Å². The first-order valence-corrected chi connectivity index (χ1v) is 18.5. The average molecular weight is 702 g/mol. The van der Waals surface area contributed by atoms with Gasteiger partial charge in [0.05, 0.1) is 0 Å². The maximum Gasteiger partial charge on any atom is 0.164 e.